The number of rotatable bonds is 4. The smallest absolute Gasteiger partial charge is 0.185 e. The average Bonchev–Trinajstić information content (AvgIpc) is 2.66. The lowest BCUT2D eigenvalue weighted by Gasteiger charge is -2.22. The number of hydrogen-bond donors (Lipinski definition) is 2. The first-order valence-electron chi connectivity index (χ1n) is 9.10. The zero-order valence-electron chi connectivity index (χ0n) is 15.7. The van der Waals surface area contributed by atoms with Gasteiger partial charge in [0.1, 0.15) is 0 Å². The number of ketones is 1. The van der Waals surface area contributed by atoms with E-state index in [1.165, 1.54) is 0 Å². The van der Waals surface area contributed by atoms with Crippen LogP contribution in [0.15, 0.2) is 59.7 Å². The Morgan fingerprint density at radius 2 is 1.15 bits per heavy atom. The SMILES string of the molecule is CNc1ccc(/C=C2\CC(C)C/C(=C\c3ccc(NC)cc3)C2=O)cc1. The standard InChI is InChI=1S/C23H26N2O/c1-16-12-19(14-17-4-8-21(24-2)9-5-17)23(26)20(13-16)15-18-6-10-22(25-3)11-7-18/h4-11,14-16,24-25H,12-13H2,1-3H3/b19-14+,20-15+. The average molecular weight is 346 g/mol. The van der Waals surface area contributed by atoms with Crippen LogP contribution < -0.4 is 10.6 Å². The number of carbonyl (C=O) groups is 1. The molecule has 3 nitrogen and oxygen atoms in total. The van der Waals surface area contributed by atoms with Crippen LogP contribution in [0.25, 0.3) is 12.2 Å². The molecular weight excluding hydrogens is 320 g/mol. The van der Waals surface area contributed by atoms with Gasteiger partial charge >= 0.3 is 0 Å². The molecule has 1 aliphatic rings. The molecule has 2 N–H and O–H groups in total. The normalized spacial score (nSPS) is 20.4. The predicted octanol–water partition coefficient (Wildman–Crippen LogP) is 5.24. The summed E-state index contributed by atoms with van der Waals surface area (Å²) in [5.74, 6) is 0.650. The van der Waals surface area contributed by atoms with Crippen LogP contribution in [-0.4, -0.2) is 19.9 Å². The van der Waals surface area contributed by atoms with Gasteiger partial charge < -0.3 is 10.6 Å². The van der Waals surface area contributed by atoms with E-state index in [1.54, 1.807) is 0 Å². The van der Waals surface area contributed by atoms with Crippen molar-refractivity contribution in [3.8, 4) is 0 Å². The summed E-state index contributed by atoms with van der Waals surface area (Å²) in [6, 6.07) is 16.3. The molecule has 3 rings (SSSR count). The summed E-state index contributed by atoms with van der Waals surface area (Å²) in [4.78, 5) is 13.0. The Bertz CT molecular complexity index is 760. The highest BCUT2D eigenvalue weighted by molar-refractivity contribution is 6.14. The summed E-state index contributed by atoms with van der Waals surface area (Å²) >= 11 is 0. The van der Waals surface area contributed by atoms with Crippen LogP contribution in [0.3, 0.4) is 0 Å². The quantitative estimate of drug-likeness (QED) is 0.744. The largest absolute Gasteiger partial charge is 0.388 e. The minimum Gasteiger partial charge on any atom is -0.388 e. The third-order valence-electron chi connectivity index (χ3n) is 4.80. The summed E-state index contributed by atoms with van der Waals surface area (Å²) in [6.07, 6.45) is 5.75. The lowest BCUT2D eigenvalue weighted by atomic mass is 9.81. The van der Waals surface area contributed by atoms with Crippen molar-refractivity contribution in [1.82, 2.24) is 0 Å². The maximum Gasteiger partial charge on any atom is 0.185 e. The fourth-order valence-corrected chi connectivity index (χ4v) is 3.36. The van der Waals surface area contributed by atoms with Crippen LogP contribution in [0.5, 0.6) is 0 Å². The second-order valence-electron chi connectivity index (χ2n) is 6.93. The van der Waals surface area contributed by atoms with E-state index in [2.05, 4.69) is 17.6 Å². The van der Waals surface area contributed by atoms with E-state index in [-0.39, 0.29) is 5.78 Å². The number of allylic oxidation sites excluding steroid dienone is 2. The van der Waals surface area contributed by atoms with Gasteiger partial charge in [0.15, 0.2) is 5.78 Å². The van der Waals surface area contributed by atoms with Gasteiger partial charge in [0, 0.05) is 36.6 Å². The molecule has 26 heavy (non-hydrogen) atoms. The first-order chi connectivity index (χ1) is 12.6. The lowest BCUT2D eigenvalue weighted by molar-refractivity contribution is -0.113. The molecule has 3 heteroatoms. The number of nitrogens with one attached hydrogen (secondary N) is 2. The summed E-state index contributed by atoms with van der Waals surface area (Å²) < 4.78 is 0. The molecule has 134 valence electrons. The Labute approximate surface area is 155 Å². The van der Waals surface area contributed by atoms with Crippen LogP contribution in [0.2, 0.25) is 0 Å². The highest BCUT2D eigenvalue weighted by Crippen LogP contribution is 2.32. The first-order valence-corrected chi connectivity index (χ1v) is 9.10. The van der Waals surface area contributed by atoms with Crippen LogP contribution in [0.4, 0.5) is 11.4 Å². The molecule has 1 fully saturated rings. The molecule has 0 unspecified atom stereocenters. The molecule has 0 spiro atoms. The molecule has 2 aromatic rings. The highest BCUT2D eigenvalue weighted by atomic mass is 16.1. The van der Waals surface area contributed by atoms with Gasteiger partial charge in [-0.3, -0.25) is 4.79 Å². The van der Waals surface area contributed by atoms with Crippen molar-refractivity contribution in [2.75, 3.05) is 24.7 Å². The van der Waals surface area contributed by atoms with E-state index in [0.717, 1.165) is 46.5 Å². The molecule has 0 saturated heterocycles. The number of Topliss-reactive ketones (excluding diaryl/α,β-unsaturated/α-hetero) is 1. The highest BCUT2D eigenvalue weighted by Gasteiger charge is 2.25. The zero-order chi connectivity index (χ0) is 18.5. The van der Waals surface area contributed by atoms with Gasteiger partial charge in [-0.05, 0) is 66.3 Å². The van der Waals surface area contributed by atoms with Crippen LogP contribution >= 0.6 is 0 Å². The molecule has 0 aliphatic heterocycles. The first kappa shape index (κ1) is 18.0. The van der Waals surface area contributed by atoms with Gasteiger partial charge in [-0.2, -0.15) is 0 Å². The van der Waals surface area contributed by atoms with Gasteiger partial charge in [0.05, 0.1) is 0 Å². The molecule has 0 atom stereocenters. The van der Waals surface area contributed by atoms with E-state index in [4.69, 9.17) is 0 Å². The van der Waals surface area contributed by atoms with E-state index in [1.807, 2.05) is 74.8 Å². The van der Waals surface area contributed by atoms with E-state index in [9.17, 15) is 4.79 Å². The summed E-state index contributed by atoms with van der Waals surface area (Å²) in [7, 11) is 3.81. The van der Waals surface area contributed by atoms with Crippen molar-refractivity contribution in [2.24, 2.45) is 5.92 Å². The monoisotopic (exact) mass is 346 g/mol. The maximum atomic E-state index is 13.0. The van der Waals surface area contributed by atoms with Crippen LogP contribution in [0, 0.1) is 5.92 Å². The fraction of sp³-hybridized carbons (Fsp3) is 0.261. The van der Waals surface area contributed by atoms with Crippen molar-refractivity contribution in [2.45, 2.75) is 19.8 Å². The zero-order valence-corrected chi connectivity index (χ0v) is 15.7. The second kappa shape index (κ2) is 8.05. The summed E-state index contributed by atoms with van der Waals surface area (Å²) in [6.45, 7) is 2.21. The van der Waals surface area contributed by atoms with Gasteiger partial charge in [0.25, 0.3) is 0 Å². The number of benzene rings is 2. The predicted molar refractivity (Wildman–Crippen MR) is 111 cm³/mol. The molecule has 0 heterocycles. The van der Waals surface area contributed by atoms with Crippen molar-refractivity contribution in [1.29, 1.82) is 0 Å². The van der Waals surface area contributed by atoms with Crippen molar-refractivity contribution >= 4 is 29.3 Å². The fourth-order valence-electron chi connectivity index (χ4n) is 3.36. The maximum absolute atomic E-state index is 13.0. The van der Waals surface area contributed by atoms with Crippen LogP contribution in [-0.2, 0) is 4.79 Å². The van der Waals surface area contributed by atoms with Crippen molar-refractivity contribution in [3.05, 3.63) is 70.8 Å². The number of anilines is 2. The minimum absolute atomic E-state index is 0.179. The topological polar surface area (TPSA) is 41.1 Å². The van der Waals surface area contributed by atoms with Crippen molar-refractivity contribution in [3.63, 3.8) is 0 Å². The Hall–Kier alpha value is -2.81. The minimum atomic E-state index is 0.179. The van der Waals surface area contributed by atoms with Gasteiger partial charge in [-0.1, -0.05) is 31.2 Å². The van der Waals surface area contributed by atoms with E-state index >= 15 is 0 Å². The van der Waals surface area contributed by atoms with Gasteiger partial charge in [0.2, 0.25) is 0 Å². The van der Waals surface area contributed by atoms with E-state index < -0.39 is 0 Å². The Balaban J connectivity index is 1.86. The molecule has 0 aromatic heterocycles. The summed E-state index contributed by atoms with van der Waals surface area (Å²) in [5, 5.41) is 6.23. The molecule has 1 aliphatic carbocycles. The molecule has 1 saturated carbocycles. The molecule has 2 aromatic carbocycles. The second-order valence-corrected chi connectivity index (χ2v) is 6.93. The van der Waals surface area contributed by atoms with Gasteiger partial charge in [-0.25, -0.2) is 0 Å². The number of carbonyl (C=O) groups excluding carboxylic acids is 1. The number of hydrogen-bond acceptors (Lipinski definition) is 3. The van der Waals surface area contributed by atoms with Gasteiger partial charge in [-0.15, -0.1) is 0 Å². The molecule has 0 radical (unpaired) electrons. The molecule has 0 bridgehead atoms. The Morgan fingerprint density at radius 3 is 1.50 bits per heavy atom. The lowest BCUT2D eigenvalue weighted by Crippen LogP contribution is -2.18. The molecule has 0 amide bonds. The van der Waals surface area contributed by atoms with E-state index in [0.29, 0.717) is 5.92 Å². The summed E-state index contributed by atoms with van der Waals surface area (Å²) in [5.41, 5.74) is 6.08. The van der Waals surface area contributed by atoms with Crippen LogP contribution in [0.1, 0.15) is 30.9 Å². The Kier molecular flexibility index (Phi) is 5.57. The van der Waals surface area contributed by atoms with Crippen molar-refractivity contribution < 1.29 is 4.79 Å². The third kappa shape index (κ3) is 4.23. The Morgan fingerprint density at radius 1 is 0.769 bits per heavy atom. The third-order valence-corrected chi connectivity index (χ3v) is 4.80. The molecular formula is C23H26N2O.